The van der Waals surface area contributed by atoms with Crippen LogP contribution in [0.15, 0.2) is 48.2 Å². The summed E-state index contributed by atoms with van der Waals surface area (Å²) in [6, 6.07) is 7.06. The zero-order chi connectivity index (χ0) is 14.8. The molecule has 1 heterocycles. The lowest BCUT2D eigenvalue weighted by molar-refractivity contribution is -0.0893. The molecule has 1 aliphatic rings. The molecule has 0 aromatic heterocycles. The van der Waals surface area contributed by atoms with Gasteiger partial charge in [0, 0.05) is 19.0 Å². The van der Waals surface area contributed by atoms with Gasteiger partial charge in [0.25, 0.3) is 0 Å². The number of methoxy groups -OCH3 is 1. The molecule has 3 nitrogen and oxygen atoms in total. The Hall–Kier alpha value is -1.79. The van der Waals surface area contributed by atoms with E-state index in [-0.39, 0.29) is 0 Å². The molecular formula is C14H14F3NO2. The first kappa shape index (κ1) is 14.6. The molecule has 0 aliphatic carbocycles. The Kier molecular flexibility index (Phi) is 4.15. The highest BCUT2D eigenvalue weighted by molar-refractivity contribution is 5.55. The molecule has 6 heteroatoms. The quantitative estimate of drug-likeness (QED) is 0.926. The van der Waals surface area contributed by atoms with Gasteiger partial charge in [0.2, 0.25) is 0 Å². The van der Waals surface area contributed by atoms with E-state index in [2.05, 4.69) is 0 Å². The van der Waals surface area contributed by atoms with Gasteiger partial charge in [0.05, 0.1) is 12.2 Å². The molecular weight excluding hydrogens is 271 g/mol. The van der Waals surface area contributed by atoms with Gasteiger partial charge in [-0.15, -0.1) is 0 Å². The summed E-state index contributed by atoms with van der Waals surface area (Å²) in [6.45, 7) is 0.394. The summed E-state index contributed by atoms with van der Waals surface area (Å²) in [5.41, 5.74) is 0.617. The van der Waals surface area contributed by atoms with E-state index in [1.807, 2.05) is 6.07 Å². The molecule has 1 aromatic rings. The van der Waals surface area contributed by atoms with E-state index in [0.717, 1.165) is 17.7 Å². The molecule has 0 fully saturated rings. The molecule has 0 radical (unpaired) electrons. The highest BCUT2D eigenvalue weighted by atomic mass is 19.4. The number of hydrogen-bond acceptors (Lipinski definition) is 3. The third-order valence-electron chi connectivity index (χ3n) is 2.88. The zero-order valence-electron chi connectivity index (χ0n) is 10.8. The lowest BCUT2D eigenvalue weighted by atomic mass is 10.1. The average molecular weight is 285 g/mol. The van der Waals surface area contributed by atoms with E-state index in [9.17, 15) is 18.3 Å². The van der Waals surface area contributed by atoms with Crippen LogP contribution in [-0.4, -0.2) is 24.6 Å². The highest BCUT2D eigenvalue weighted by Gasteiger charge is 2.34. The van der Waals surface area contributed by atoms with E-state index in [0.29, 0.717) is 12.3 Å². The van der Waals surface area contributed by atoms with Crippen molar-refractivity contribution in [2.24, 2.45) is 0 Å². The Morgan fingerprint density at radius 2 is 2.10 bits per heavy atom. The molecule has 1 unspecified atom stereocenters. The smallest absolute Gasteiger partial charge is 0.380 e. The van der Waals surface area contributed by atoms with Gasteiger partial charge in [-0.2, -0.15) is 13.2 Å². The molecule has 20 heavy (non-hydrogen) atoms. The maximum Gasteiger partial charge on any atom is 0.416 e. The van der Waals surface area contributed by atoms with Crippen LogP contribution < -0.4 is 4.90 Å². The predicted octanol–water partition coefficient (Wildman–Crippen LogP) is 2.97. The van der Waals surface area contributed by atoms with Gasteiger partial charge in [0.15, 0.2) is 6.23 Å². The Labute approximate surface area is 114 Å². The number of ether oxygens (including phenoxy) is 1. The molecule has 1 atom stereocenters. The maximum atomic E-state index is 12.5. The van der Waals surface area contributed by atoms with Crippen LogP contribution in [0.25, 0.3) is 0 Å². The minimum absolute atomic E-state index is 0.394. The van der Waals surface area contributed by atoms with Gasteiger partial charge < -0.3 is 14.7 Å². The van der Waals surface area contributed by atoms with Gasteiger partial charge in [-0.05, 0) is 29.8 Å². The van der Waals surface area contributed by atoms with E-state index in [1.54, 1.807) is 25.3 Å². The van der Waals surface area contributed by atoms with Crippen LogP contribution in [0.2, 0.25) is 0 Å². The Morgan fingerprint density at radius 3 is 2.70 bits per heavy atom. The average Bonchev–Trinajstić information content (AvgIpc) is 2.38. The molecule has 0 saturated carbocycles. The fraction of sp³-hybridized carbons (Fsp3) is 0.286. The molecule has 1 aromatic carbocycles. The fourth-order valence-electron chi connectivity index (χ4n) is 1.95. The van der Waals surface area contributed by atoms with Crippen molar-refractivity contribution in [3.8, 4) is 0 Å². The number of aliphatic hydroxyl groups excluding tert-OH is 1. The predicted molar refractivity (Wildman–Crippen MR) is 68.9 cm³/mol. The van der Waals surface area contributed by atoms with Crippen LogP contribution in [-0.2, 0) is 11.3 Å². The fourth-order valence-corrected chi connectivity index (χ4v) is 1.95. The molecule has 1 aliphatic heterocycles. The third kappa shape index (κ3) is 3.20. The third-order valence-corrected chi connectivity index (χ3v) is 2.88. The maximum absolute atomic E-state index is 12.5. The van der Waals surface area contributed by atoms with E-state index in [4.69, 9.17) is 4.74 Å². The summed E-state index contributed by atoms with van der Waals surface area (Å²) in [6.07, 6.45) is -2.87. The summed E-state index contributed by atoms with van der Waals surface area (Å²) < 4.78 is 42.6. The number of halogens is 3. The molecule has 2 rings (SSSR count). The molecule has 0 amide bonds. The summed E-state index contributed by atoms with van der Waals surface area (Å²) in [4.78, 5) is 1.36. The van der Waals surface area contributed by atoms with Crippen LogP contribution in [0.1, 0.15) is 5.56 Å². The number of allylic oxidation sites excluding steroid dienone is 2. The molecule has 0 bridgehead atoms. The van der Waals surface area contributed by atoms with E-state index >= 15 is 0 Å². The number of aliphatic hydroxyl groups is 1. The molecule has 108 valence electrons. The van der Waals surface area contributed by atoms with E-state index in [1.165, 1.54) is 11.1 Å². The van der Waals surface area contributed by atoms with Crippen molar-refractivity contribution >= 4 is 5.69 Å². The van der Waals surface area contributed by atoms with Crippen molar-refractivity contribution in [2.45, 2.75) is 19.0 Å². The second-order valence-electron chi connectivity index (χ2n) is 4.36. The number of hydrogen-bond donors (Lipinski definition) is 1. The van der Waals surface area contributed by atoms with Gasteiger partial charge >= 0.3 is 6.18 Å². The number of anilines is 1. The minimum Gasteiger partial charge on any atom is -0.380 e. The summed E-state index contributed by atoms with van der Waals surface area (Å²) >= 11 is 0. The van der Waals surface area contributed by atoms with Crippen molar-refractivity contribution < 1.29 is 23.0 Å². The van der Waals surface area contributed by atoms with Crippen LogP contribution >= 0.6 is 0 Å². The highest BCUT2D eigenvalue weighted by Crippen LogP contribution is 2.31. The number of nitrogens with zero attached hydrogens (tertiary/aromatic N) is 1. The zero-order valence-corrected chi connectivity index (χ0v) is 10.8. The van der Waals surface area contributed by atoms with Crippen molar-refractivity contribution in [3.63, 3.8) is 0 Å². The van der Waals surface area contributed by atoms with Crippen molar-refractivity contribution in [3.05, 3.63) is 53.8 Å². The van der Waals surface area contributed by atoms with Crippen molar-refractivity contribution in [1.82, 2.24) is 0 Å². The first-order chi connectivity index (χ1) is 9.41. The first-order valence-electron chi connectivity index (χ1n) is 5.93. The second kappa shape index (κ2) is 5.68. The first-order valence-corrected chi connectivity index (χ1v) is 5.93. The van der Waals surface area contributed by atoms with Crippen molar-refractivity contribution in [2.75, 3.05) is 12.0 Å². The molecule has 0 saturated heterocycles. The normalized spacial score (nSPS) is 19.1. The van der Waals surface area contributed by atoms with E-state index < -0.39 is 18.0 Å². The molecule has 1 N–H and O–H groups in total. The van der Waals surface area contributed by atoms with Crippen LogP contribution in [0, 0.1) is 0 Å². The van der Waals surface area contributed by atoms with Gasteiger partial charge in [0.1, 0.15) is 0 Å². The van der Waals surface area contributed by atoms with Crippen LogP contribution in [0.4, 0.5) is 18.9 Å². The largest absolute Gasteiger partial charge is 0.416 e. The second-order valence-corrected chi connectivity index (χ2v) is 4.36. The summed E-state index contributed by atoms with van der Waals surface area (Å²) in [5, 5.41) is 9.84. The van der Waals surface area contributed by atoms with Crippen LogP contribution in [0.5, 0.6) is 0 Å². The Bertz CT molecular complexity index is 537. The van der Waals surface area contributed by atoms with Gasteiger partial charge in [-0.1, -0.05) is 12.1 Å². The molecule has 0 spiro atoms. The number of rotatable bonds is 3. The monoisotopic (exact) mass is 285 g/mol. The summed E-state index contributed by atoms with van der Waals surface area (Å²) in [5.74, 6) is 0. The lowest BCUT2D eigenvalue weighted by Gasteiger charge is -2.29. The Morgan fingerprint density at radius 1 is 1.35 bits per heavy atom. The Balaban J connectivity index is 2.22. The topological polar surface area (TPSA) is 32.7 Å². The van der Waals surface area contributed by atoms with Gasteiger partial charge in [-0.3, -0.25) is 0 Å². The van der Waals surface area contributed by atoms with Crippen LogP contribution in [0.3, 0.4) is 0 Å². The van der Waals surface area contributed by atoms with Crippen molar-refractivity contribution in [1.29, 1.82) is 0 Å². The number of benzene rings is 1. The number of alkyl halides is 3. The summed E-state index contributed by atoms with van der Waals surface area (Å²) in [7, 11) is 1.56. The van der Waals surface area contributed by atoms with Gasteiger partial charge in [-0.25, -0.2) is 0 Å². The minimum atomic E-state index is -4.46. The standard InChI is InChI=1S/C14H14F3NO2/c1-20-9-10-3-2-4-12(7-10)18-6-5-11(8-13(18)19)14(15,16)17/h2-8,13,19H,9H2,1H3. The SMILES string of the molecule is COCc1cccc(N2C=CC(C(F)(F)F)=CC2O)c1. The lowest BCUT2D eigenvalue weighted by Crippen LogP contribution is -2.32.